The van der Waals surface area contributed by atoms with Crippen LogP contribution in [0.1, 0.15) is 10.4 Å². The van der Waals surface area contributed by atoms with Gasteiger partial charge in [0.15, 0.2) is 0 Å². The molecule has 0 aliphatic heterocycles. The minimum absolute atomic E-state index is 0.0384. The van der Waals surface area contributed by atoms with E-state index in [2.05, 4.69) is 10.0 Å². The second-order valence-corrected chi connectivity index (χ2v) is 8.35. The highest BCUT2D eigenvalue weighted by atomic mass is 35.5. The van der Waals surface area contributed by atoms with Crippen molar-refractivity contribution in [2.45, 2.75) is 4.90 Å². The number of sulfonamides is 1. The molecule has 0 spiro atoms. The molecule has 0 aliphatic rings. The quantitative estimate of drug-likeness (QED) is 0.398. The number of methoxy groups -OCH3 is 1. The Morgan fingerprint density at radius 3 is 2.26 bits per heavy atom. The molecular weight excluding hydrogens is 446 g/mol. The zero-order valence-electron chi connectivity index (χ0n) is 16.0. The molecule has 0 saturated carbocycles. The third-order valence-electron chi connectivity index (χ3n) is 4.17. The summed E-state index contributed by atoms with van der Waals surface area (Å²) in [6.07, 6.45) is 0. The lowest BCUT2D eigenvalue weighted by Crippen LogP contribution is -2.14. The monoisotopic (exact) mass is 461 g/mol. The molecule has 2 N–H and O–H groups in total. The number of nitro groups is 1. The molecule has 31 heavy (non-hydrogen) atoms. The van der Waals surface area contributed by atoms with E-state index in [1.165, 1.54) is 73.8 Å². The van der Waals surface area contributed by atoms with Crippen LogP contribution in [-0.4, -0.2) is 26.4 Å². The van der Waals surface area contributed by atoms with Gasteiger partial charge in [-0.3, -0.25) is 19.6 Å². The van der Waals surface area contributed by atoms with Crippen LogP contribution in [0.15, 0.2) is 71.6 Å². The zero-order chi connectivity index (χ0) is 22.6. The molecule has 0 fully saturated rings. The van der Waals surface area contributed by atoms with Gasteiger partial charge in [0.2, 0.25) is 0 Å². The lowest BCUT2D eigenvalue weighted by molar-refractivity contribution is -0.384. The van der Waals surface area contributed by atoms with Gasteiger partial charge in [0, 0.05) is 28.4 Å². The number of carbonyl (C=O) groups is 1. The standard InChI is InChI=1S/C20H16ClN3O6S/c1-30-19-11-8-16(24(26)27)12-18(19)22-20(25)13-2-6-15(7-3-13)23-31(28,29)17-9-4-14(21)5-10-17/h2-12,23H,1H3,(H,22,25). The highest BCUT2D eigenvalue weighted by Crippen LogP contribution is 2.29. The molecule has 0 saturated heterocycles. The maximum absolute atomic E-state index is 12.5. The van der Waals surface area contributed by atoms with E-state index in [0.29, 0.717) is 5.02 Å². The number of hydrogen-bond donors (Lipinski definition) is 2. The van der Waals surface area contributed by atoms with Crippen molar-refractivity contribution in [3.63, 3.8) is 0 Å². The number of hydrogen-bond acceptors (Lipinski definition) is 6. The number of nitrogens with one attached hydrogen (secondary N) is 2. The van der Waals surface area contributed by atoms with Crippen LogP contribution in [0.2, 0.25) is 5.02 Å². The van der Waals surface area contributed by atoms with Crippen LogP contribution >= 0.6 is 11.6 Å². The van der Waals surface area contributed by atoms with Crippen molar-refractivity contribution in [1.82, 2.24) is 0 Å². The van der Waals surface area contributed by atoms with Crippen molar-refractivity contribution in [2.24, 2.45) is 0 Å². The Bertz CT molecular complexity index is 1230. The van der Waals surface area contributed by atoms with Gasteiger partial charge in [0.25, 0.3) is 21.6 Å². The van der Waals surface area contributed by atoms with Crippen LogP contribution in [-0.2, 0) is 10.0 Å². The molecule has 0 radical (unpaired) electrons. The van der Waals surface area contributed by atoms with Gasteiger partial charge in [0.1, 0.15) is 5.75 Å². The molecule has 0 aliphatic carbocycles. The largest absolute Gasteiger partial charge is 0.495 e. The SMILES string of the molecule is COc1ccc([N+](=O)[O-])cc1NC(=O)c1ccc(NS(=O)(=O)c2ccc(Cl)cc2)cc1. The highest BCUT2D eigenvalue weighted by molar-refractivity contribution is 7.92. The first-order valence-corrected chi connectivity index (χ1v) is 10.6. The summed E-state index contributed by atoms with van der Waals surface area (Å²) in [5.41, 5.74) is 0.389. The third kappa shape index (κ3) is 5.30. The summed E-state index contributed by atoms with van der Waals surface area (Å²) >= 11 is 5.78. The van der Waals surface area contributed by atoms with Gasteiger partial charge in [-0.05, 0) is 54.6 Å². The maximum Gasteiger partial charge on any atom is 0.271 e. The van der Waals surface area contributed by atoms with Crippen molar-refractivity contribution < 1.29 is 22.9 Å². The number of nitrogens with zero attached hydrogens (tertiary/aromatic N) is 1. The van der Waals surface area contributed by atoms with E-state index in [4.69, 9.17) is 16.3 Å². The van der Waals surface area contributed by atoms with E-state index in [9.17, 15) is 23.3 Å². The Balaban J connectivity index is 1.76. The van der Waals surface area contributed by atoms with E-state index in [1.54, 1.807) is 0 Å². The van der Waals surface area contributed by atoms with Gasteiger partial charge < -0.3 is 10.1 Å². The first-order valence-electron chi connectivity index (χ1n) is 8.72. The number of nitro benzene ring substituents is 1. The number of benzene rings is 3. The predicted molar refractivity (Wildman–Crippen MR) is 116 cm³/mol. The minimum atomic E-state index is -3.82. The number of non-ortho nitro benzene ring substituents is 1. The average Bonchev–Trinajstić information content (AvgIpc) is 2.74. The van der Waals surface area contributed by atoms with Crippen LogP contribution in [0.5, 0.6) is 5.75 Å². The van der Waals surface area contributed by atoms with Crippen LogP contribution in [0, 0.1) is 10.1 Å². The molecule has 0 unspecified atom stereocenters. The molecule has 1 amide bonds. The van der Waals surface area contributed by atoms with E-state index in [0.717, 1.165) is 0 Å². The molecule has 0 bridgehead atoms. The van der Waals surface area contributed by atoms with Gasteiger partial charge in [-0.15, -0.1) is 0 Å². The Hall–Kier alpha value is -3.63. The molecule has 160 valence electrons. The Kier molecular flexibility index (Phi) is 6.42. The zero-order valence-corrected chi connectivity index (χ0v) is 17.6. The Morgan fingerprint density at radius 2 is 1.68 bits per heavy atom. The molecular formula is C20H16ClN3O6S. The molecule has 3 aromatic rings. The first-order chi connectivity index (χ1) is 14.7. The molecule has 0 heterocycles. The number of anilines is 2. The van der Waals surface area contributed by atoms with Gasteiger partial charge in [0.05, 0.1) is 22.6 Å². The lowest BCUT2D eigenvalue weighted by Gasteiger charge is -2.11. The lowest BCUT2D eigenvalue weighted by atomic mass is 10.2. The molecule has 0 aromatic heterocycles. The Morgan fingerprint density at radius 1 is 1.03 bits per heavy atom. The summed E-state index contributed by atoms with van der Waals surface area (Å²) < 4.78 is 32.4. The number of amides is 1. The second kappa shape index (κ2) is 9.02. The Labute approximate surface area is 182 Å². The van der Waals surface area contributed by atoms with E-state index in [-0.39, 0.29) is 33.3 Å². The summed E-state index contributed by atoms with van der Waals surface area (Å²) in [6, 6.07) is 15.2. The predicted octanol–water partition coefficient (Wildman–Crippen LogP) is 4.31. The van der Waals surface area contributed by atoms with Crippen molar-refractivity contribution in [3.05, 3.63) is 87.4 Å². The highest BCUT2D eigenvalue weighted by Gasteiger charge is 2.16. The molecule has 3 rings (SSSR count). The van der Waals surface area contributed by atoms with E-state index >= 15 is 0 Å². The molecule has 3 aromatic carbocycles. The van der Waals surface area contributed by atoms with Crippen LogP contribution < -0.4 is 14.8 Å². The summed E-state index contributed by atoms with van der Waals surface area (Å²) in [5, 5.41) is 13.9. The molecule has 0 atom stereocenters. The van der Waals surface area contributed by atoms with Crippen molar-refractivity contribution in [2.75, 3.05) is 17.1 Å². The topological polar surface area (TPSA) is 128 Å². The van der Waals surface area contributed by atoms with Gasteiger partial charge in [-0.25, -0.2) is 8.42 Å². The van der Waals surface area contributed by atoms with Gasteiger partial charge in [-0.2, -0.15) is 0 Å². The van der Waals surface area contributed by atoms with Crippen molar-refractivity contribution in [3.8, 4) is 5.75 Å². The minimum Gasteiger partial charge on any atom is -0.495 e. The van der Waals surface area contributed by atoms with Crippen LogP contribution in [0.3, 0.4) is 0 Å². The normalized spacial score (nSPS) is 10.9. The smallest absolute Gasteiger partial charge is 0.271 e. The fourth-order valence-corrected chi connectivity index (χ4v) is 3.80. The van der Waals surface area contributed by atoms with Gasteiger partial charge in [-0.1, -0.05) is 11.6 Å². The number of carbonyl (C=O) groups excluding carboxylic acids is 1. The molecule has 9 nitrogen and oxygen atoms in total. The maximum atomic E-state index is 12.5. The summed E-state index contributed by atoms with van der Waals surface area (Å²) in [6.45, 7) is 0. The average molecular weight is 462 g/mol. The third-order valence-corrected chi connectivity index (χ3v) is 5.81. The first kappa shape index (κ1) is 22.1. The summed E-state index contributed by atoms with van der Waals surface area (Å²) in [7, 11) is -2.45. The van der Waals surface area contributed by atoms with E-state index < -0.39 is 20.9 Å². The van der Waals surface area contributed by atoms with Crippen molar-refractivity contribution in [1.29, 1.82) is 0 Å². The van der Waals surface area contributed by atoms with E-state index in [1.807, 2.05) is 0 Å². The van der Waals surface area contributed by atoms with Crippen LogP contribution in [0.4, 0.5) is 17.1 Å². The number of ether oxygens (including phenoxy) is 1. The van der Waals surface area contributed by atoms with Gasteiger partial charge >= 0.3 is 0 Å². The number of halogens is 1. The summed E-state index contributed by atoms with van der Waals surface area (Å²) in [5.74, 6) is -0.294. The van der Waals surface area contributed by atoms with Crippen LogP contribution in [0.25, 0.3) is 0 Å². The molecule has 11 heteroatoms. The second-order valence-electron chi connectivity index (χ2n) is 6.23. The fraction of sp³-hybridized carbons (Fsp3) is 0.0500. The summed E-state index contributed by atoms with van der Waals surface area (Å²) in [4.78, 5) is 22.9. The fourth-order valence-electron chi connectivity index (χ4n) is 2.62. The number of rotatable bonds is 7. The van der Waals surface area contributed by atoms with Crippen molar-refractivity contribution >= 4 is 44.6 Å².